The second-order valence-corrected chi connectivity index (χ2v) is 4.61. The number of nitrogens with zero attached hydrogens (tertiary/aromatic N) is 1. The zero-order valence-electron chi connectivity index (χ0n) is 13.2. The number of guanidine groups is 1. The fraction of sp³-hybridized carbons (Fsp3) is 0.533. The number of rotatable bonds is 8. The van der Waals surface area contributed by atoms with Gasteiger partial charge in [-0.05, 0) is 18.6 Å². The summed E-state index contributed by atoms with van der Waals surface area (Å²) in [7, 11) is 3.24. The first-order valence-electron chi connectivity index (χ1n) is 7.21. The van der Waals surface area contributed by atoms with Crippen LogP contribution >= 0.6 is 0 Å². The average Bonchev–Trinajstić information content (AvgIpc) is 2.53. The molecule has 0 aromatic heterocycles. The van der Waals surface area contributed by atoms with Crippen LogP contribution in [0.3, 0.4) is 0 Å². The van der Waals surface area contributed by atoms with E-state index in [2.05, 4.69) is 15.6 Å². The topological polar surface area (TPSA) is 54.9 Å². The lowest BCUT2D eigenvalue weighted by molar-refractivity contribution is -0.138. The molecule has 1 aromatic carbocycles. The molecule has 0 radical (unpaired) electrons. The van der Waals surface area contributed by atoms with E-state index in [0.29, 0.717) is 25.7 Å². The predicted molar refractivity (Wildman–Crippen MR) is 82.8 cm³/mol. The highest BCUT2D eigenvalue weighted by Crippen LogP contribution is 2.35. The maximum atomic E-state index is 12.8. The van der Waals surface area contributed by atoms with E-state index < -0.39 is 11.7 Å². The Labute approximate surface area is 133 Å². The van der Waals surface area contributed by atoms with E-state index >= 15 is 0 Å². The van der Waals surface area contributed by atoms with Crippen LogP contribution in [0, 0.1) is 0 Å². The minimum Gasteiger partial charge on any atom is -0.491 e. The maximum Gasteiger partial charge on any atom is 0.419 e. The van der Waals surface area contributed by atoms with Gasteiger partial charge in [0.15, 0.2) is 5.96 Å². The smallest absolute Gasteiger partial charge is 0.419 e. The first-order chi connectivity index (χ1) is 11.0. The Morgan fingerprint density at radius 2 is 1.83 bits per heavy atom. The third kappa shape index (κ3) is 7.23. The van der Waals surface area contributed by atoms with Gasteiger partial charge in [-0.15, -0.1) is 0 Å². The van der Waals surface area contributed by atoms with E-state index in [-0.39, 0.29) is 12.4 Å². The van der Waals surface area contributed by atoms with Crippen molar-refractivity contribution >= 4 is 5.96 Å². The van der Waals surface area contributed by atoms with Crippen molar-refractivity contribution < 1.29 is 22.6 Å². The largest absolute Gasteiger partial charge is 0.491 e. The van der Waals surface area contributed by atoms with Gasteiger partial charge >= 0.3 is 6.18 Å². The lowest BCUT2D eigenvalue weighted by Gasteiger charge is -2.15. The van der Waals surface area contributed by atoms with Crippen LogP contribution in [0.25, 0.3) is 0 Å². The fourth-order valence-corrected chi connectivity index (χ4v) is 1.80. The molecule has 8 heteroatoms. The summed E-state index contributed by atoms with van der Waals surface area (Å²) in [5.74, 6) is 0.388. The van der Waals surface area contributed by atoms with Crippen molar-refractivity contribution in [3.8, 4) is 5.75 Å². The SMILES string of the molecule is CN=C(NCCCOC)NCCOc1ccccc1C(F)(F)F. The molecule has 0 saturated carbocycles. The minimum atomic E-state index is -4.43. The number of ether oxygens (including phenoxy) is 2. The molecule has 0 spiro atoms. The van der Waals surface area contributed by atoms with E-state index in [1.165, 1.54) is 18.2 Å². The fourth-order valence-electron chi connectivity index (χ4n) is 1.80. The molecule has 0 fully saturated rings. The quantitative estimate of drug-likeness (QED) is 0.435. The molecule has 130 valence electrons. The van der Waals surface area contributed by atoms with E-state index in [4.69, 9.17) is 9.47 Å². The number of aliphatic imine (C=N–C) groups is 1. The highest BCUT2D eigenvalue weighted by atomic mass is 19.4. The minimum absolute atomic E-state index is 0.0892. The summed E-state index contributed by atoms with van der Waals surface area (Å²) in [6.45, 7) is 1.74. The second kappa shape index (κ2) is 9.94. The van der Waals surface area contributed by atoms with Crippen molar-refractivity contribution in [3.05, 3.63) is 29.8 Å². The first-order valence-corrected chi connectivity index (χ1v) is 7.21. The molecule has 0 bridgehead atoms. The number of alkyl halides is 3. The molecule has 0 aliphatic carbocycles. The van der Waals surface area contributed by atoms with Crippen molar-refractivity contribution in [2.24, 2.45) is 4.99 Å². The van der Waals surface area contributed by atoms with E-state index in [1.807, 2.05) is 0 Å². The molecular weight excluding hydrogens is 311 g/mol. The lowest BCUT2D eigenvalue weighted by atomic mass is 10.2. The molecule has 0 heterocycles. The van der Waals surface area contributed by atoms with Crippen LogP contribution in [0.1, 0.15) is 12.0 Å². The van der Waals surface area contributed by atoms with E-state index in [1.54, 1.807) is 14.2 Å². The molecule has 1 rings (SSSR count). The Morgan fingerprint density at radius 1 is 1.13 bits per heavy atom. The number of halogens is 3. The Kier molecular flexibility index (Phi) is 8.25. The number of hydrogen-bond acceptors (Lipinski definition) is 3. The zero-order valence-corrected chi connectivity index (χ0v) is 13.2. The molecule has 0 unspecified atom stereocenters. The first kappa shape index (κ1) is 19.1. The Morgan fingerprint density at radius 3 is 2.48 bits per heavy atom. The van der Waals surface area contributed by atoms with Crippen LogP contribution < -0.4 is 15.4 Å². The van der Waals surface area contributed by atoms with Crippen molar-refractivity contribution in [2.75, 3.05) is 40.5 Å². The number of methoxy groups -OCH3 is 1. The molecular formula is C15H22F3N3O2. The summed E-state index contributed by atoms with van der Waals surface area (Å²) in [5, 5.41) is 6.03. The van der Waals surface area contributed by atoms with Gasteiger partial charge in [-0.1, -0.05) is 12.1 Å². The lowest BCUT2D eigenvalue weighted by Crippen LogP contribution is -2.39. The molecule has 0 aliphatic heterocycles. The Hall–Kier alpha value is -1.96. The van der Waals surface area contributed by atoms with Gasteiger partial charge in [0.05, 0.1) is 12.1 Å². The highest BCUT2D eigenvalue weighted by Gasteiger charge is 2.33. The van der Waals surface area contributed by atoms with Gasteiger partial charge in [0.2, 0.25) is 0 Å². The molecule has 5 nitrogen and oxygen atoms in total. The number of nitrogens with one attached hydrogen (secondary N) is 2. The van der Waals surface area contributed by atoms with Crippen LogP contribution in [0.5, 0.6) is 5.75 Å². The van der Waals surface area contributed by atoms with Crippen LogP contribution in [0.4, 0.5) is 13.2 Å². The molecule has 0 aliphatic rings. The third-order valence-electron chi connectivity index (χ3n) is 2.89. The molecule has 0 saturated heterocycles. The molecule has 0 atom stereocenters. The number of hydrogen-bond donors (Lipinski definition) is 2. The highest BCUT2D eigenvalue weighted by molar-refractivity contribution is 5.79. The van der Waals surface area contributed by atoms with Gasteiger partial charge in [0.25, 0.3) is 0 Å². The number of benzene rings is 1. The monoisotopic (exact) mass is 333 g/mol. The van der Waals surface area contributed by atoms with Crippen LogP contribution in [0.15, 0.2) is 29.3 Å². The van der Waals surface area contributed by atoms with Crippen LogP contribution in [0.2, 0.25) is 0 Å². The van der Waals surface area contributed by atoms with Crippen molar-refractivity contribution in [3.63, 3.8) is 0 Å². The summed E-state index contributed by atoms with van der Waals surface area (Å²) < 4.78 is 48.6. The Balaban J connectivity index is 2.37. The standard InChI is InChI=1S/C15H22F3N3O2/c1-19-14(20-8-5-10-22-2)21-9-11-23-13-7-4-3-6-12(13)15(16,17)18/h3-4,6-7H,5,8-11H2,1-2H3,(H2,19,20,21). The predicted octanol–water partition coefficient (Wildman–Crippen LogP) is 2.29. The molecule has 2 N–H and O–H groups in total. The third-order valence-corrected chi connectivity index (χ3v) is 2.89. The van der Waals surface area contributed by atoms with Crippen molar-refractivity contribution in [1.29, 1.82) is 0 Å². The van der Waals surface area contributed by atoms with Gasteiger partial charge in [-0.25, -0.2) is 0 Å². The van der Waals surface area contributed by atoms with E-state index in [0.717, 1.165) is 12.5 Å². The van der Waals surface area contributed by atoms with Crippen molar-refractivity contribution in [1.82, 2.24) is 10.6 Å². The normalized spacial score (nSPS) is 12.1. The Bertz CT molecular complexity index is 493. The van der Waals surface area contributed by atoms with Crippen LogP contribution in [-0.2, 0) is 10.9 Å². The van der Waals surface area contributed by atoms with Gasteiger partial charge in [0, 0.05) is 27.3 Å². The number of para-hydroxylation sites is 1. The molecule has 1 aromatic rings. The summed E-state index contributed by atoms with van der Waals surface area (Å²) in [4.78, 5) is 4.01. The van der Waals surface area contributed by atoms with E-state index in [9.17, 15) is 13.2 Å². The maximum absolute atomic E-state index is 12.8. The van der Waals surface area contributed by atoms with Gasteiger partial charge in [-0.3, -0.25) is 4.99 Å². The summed E-state index contributed by atoms with van der Waals surface area (Å²) in [5.41, 5.74) is -0.776. The summed E-state index contributed by atoms with van der Waals surface area (Å²) >= 11 is 0. The van der Waals surface area contributed by atoms with Gasteiger partial charge in [0.1, 0.15) is 12.4 Å². The molecule has 23 heavy (non-hydrogen) atoms. The van der Waals surface area contributed by atoms with Crippen molar-refractivity contribution in [2.45, 2.75) is 12.6 Å². The van der Waals surface area contributed by atoms with Gasteiger partial charge in [-0.2, -0.15) is 13.2 Å². The summed E-state index contributed by atoms with van der Waals surface area (Å²) in [6.07, 6.45) is -3.60. The zero-order chi connectivity index (χ0) is 17.1. The summed E-state index contributed by atoms with van der Waals surface area (Å²) in [6, 6.07) is 5.15. The van der Waals surface area contributed by atoms with Crippen LogP contribution in [-0.4, -0.2) is 46.4 Å². The second-order valence-electron chi connectivity index (χ2n) is 4.61. The average molecular weight is 333 g/mol. The molecule has 0 amide bonds. The van der Waals surface area contributed by atoms with Gasteiger partial charge < -0.3 is 20.1 Å².